The molecule has 1 amide bonds. The van der Waals surface area contributed by atoms with E-state index in [9.17, 15) is 14.7 Å². The van der Waals surface area contributed by atoms with Crippen LogP contribution in [-0.2, 0) is 22.4 Å². The SMILES string of the molecule is COc1ccc(CC(NC(=O)Cc2c(C)cc(C)cc2C)C(=O)O)cc1. The van der Waals surface area contributed by atoms with E-state index in [1.54, 1.807) is 31.4 Å². The molecule has 5 heteroatoms. The average molecular weight is 355 g/mol. The van der Waals surface area contributed by atoms with Gasteiger partial charge in [-0.15, -0.1) is 0 Å². The lowest BCUT2D eigenvalue weighted by Crippen LogP contribution is -2.43. The molecule has 2 rings (SSSR count). The van der Waals surface area contributed by atoms with Crippen LogP contribution in [0.3, 0.4) is 0 Å². The summed E-state index contributed by atoms with van der Waals surface area (Å²) < 4.78 is 5.10. The Labute approximate surface area is 154 Å². The fraction of sp³-hybridized carbons (Fsp3) is 0.333. The molecule has 2 aromatic rings. The summed E-state index contributed by atoms with van der Waals surface area (Å²) >= 11 is 0. The van der Waals surface area contributed by atoms with Gasteiger partial charge < -0.3 is 15.2 Å². The van der Waals surface area contributed by atoms with Gasteiger partial charge in [0.2, 0.25) is 5.91 Å². The van der Waals surface area contributed by atoms with Crippen molar-refractivity contribution in [3.63, 3.8) is 0 Å². The van der Waals surface area contributed by atoms with Crippen LogP contribution in [0.5, 0.6) is 5.75 Å². The first-order valence-electron chi connectivity index (χ1n) is 8.52. The van der Waals surface area contributed by atoms with Gasteiger partial charge in [0.1, 0.15) is 11.8 Å². The zero-order chi connectivity index (χ0) is 19.3. The van der Waals surface area contributed by atoms with Crippen molar-refractivity contribution in [1.82, 2.24) is 5.32 Å². The maximum Gasteiger partial charge on any atom is 0.326 e. The number of methoxy groups -OCH3 is 1. The minimum absolute atomic E-state index is 0.171. The Morgan fingerprint density at radius 3 is 2.15 bits per heavy atom. The second-order valence-corrected chi connectivity index (χ2v) is 6.56. The second kappa shape index (κ2) is 8.52. The van der Waals surface area contributed by atoms with Crippen LogP contribution in [0.2, 0.25) is 0 Å². The normalized spacial score (nSPS) is 11.7. The van der Waals surface area contributed by atoms with Gasteiger partial charge in [-0.1, -0.05) is 29.8 Å². The van der Waals surface area contributed by atoms with Gasteiger partial charge in [-0.3, -0.25) is 4.79 Å². The molecule has 1 atom stereocenters. The van der Waals surface area contributed by atoms with E-state index >= 15 is 0 Å². The number of rotatable bonds is 7. The van der Waals surface area contributed by atoms with E-state index in [2.05, 4.69) is 5.32 Å². The predicted octanol–water partition coefficient (Wildman–Crippen LogP) is 2.98. The Morgan fingerprint density at radius 2 is 1.65 bits per heavy atom. The number of carboxylic acids is 1. The summed E-state index contributed by atoms with van der Waals surface area (Å²) in [6.07, 6.45) is 0.390. The van der Waals surface area contributed by atoms with Crippen molar-refractivity contribution >= 4 is 11.9 Å². The number of aryl methyl sites for hydroxylation is 3. The Hall–Kier alpha value is -2.82. The quantitative estimate of drug-likeness (QED) is 0.801. The van der Waals surface area contributed by atoms with E-state index in [1.807, 2.05) is 32.9 Å². The second-order valence-electron chi connectivity index (χ2n) is 6.56. The van der Waals surface area contributed by atoms with Crippen LogP contribution in [0.4, 0.5) is 0 Å². The highest BCUT2D eigenvalue weighted by molar-refractivity contribution is 5.85. The van der Waals surface area contributed by atoms with Crippen molar-refractivity contribution in [1.29, 1.82) is 0 Å². The van der Waals surface area contributed by atoms with Crippen molar-refractivity contribution in [3.8, 4) is 5.75 Å². The standard InChI is InChI=1S/C21H25NO4/c1-13-9-14(2)18(15(3)10-13)12-20(23)22-19(21(24)25)11-16-5-7-17(26-4)8-6-16/h5-10,19H,11-12H2,1-4H3,(H,22,23)(H,24,25). The van der Waals surface area contributed by atoms with E-state index in [0.29, 0.717) is 5.75 Å². The molecule has 0 saturated heterocycles. The fourth-order valence-electron chi connectivity index (χ4n) is 3.09. The van der Waals surface area contributed by atoms with Gasteiger partial charge >= 0.3 is 5.97 Å². The minimum Gasteiger partial charge on any atom is -0.497 e. The summed E-state index contributed by atoms with van der Waals surface area (Å²) in [5.74, 6) is -0.637. The third-order valence-electron chi connectivity index (χ3n) is 4.41. The zero-order valence-electron chi connectivity index (χ0n) is 15.6. The van der Waals surface area contributed by atoms with E-state index in [-0.39, 0.29) is 18.7 Å². The molecular formula is C21H25NO4. The number of nitrogens with one attached hydrogen (secondary N) is 1. The van der Waals surface area contributed by atoms with Gasteiger partial charge in [-0.2, -0.15) is 0 Å². The summed E-state index contributed by atoms with van der Waals surface area (Å²) in [5.41, 5.74) is 4.99. The van der Waals surface area contributed by atoms with Crippen molar-refractivity contribution in [2.24, 2.45) is 0 Å². The lowest BCUT2D eigenvalue weighted by Gasteiger charge is -2.16. The van der Waals surface area contributed by atoms with Gasteiger partial charge in [-0.05, 0) is 55.2 Å². The molecule has 0 radical (unpaired) electrons. The molecular weight excluding hydrogens is 330 g/mol. The zero-order valence-corrected chi connectivity index (χ0v) is 15.6. The highest BCUT2D eigenvalue weighted by Crippen LogP contribution is 2.17. The van der Waals surface area contributed by atoms with Gasteiger partial charge in [0.05, 0.1) is 13.5 Å². The van der Waals surface area contributed by atoms with Gasteiger partial charge in [0.15, 0.2) is 0 Å². The lowest BCUT2D eigenvalue weighted by molar-refractivity contribution is -0.141. The summed E-state index contributed by atoms with van der Waals surface area (Å²) in [6, 6.07) is 10.2. The average Bonchev–Trinajstić information content (AvgIpc) is 2.58. The molecule has 0 bridgehead atoms. The van der Waals surface area contributed by atoms with Gasteiger partial charge in [0.25, 0.3) is 0 Å². The highest BCUT2D eigenvalue weighted by atomic mass is 16.5. The van der Waals surface area contributed by atoms with E-state index in [4.69, 9.17) is 4.74 Å². The molecule has 2 aromatic carbocycles. The molecule has 5 nitrogen and oxygen atoms in total. The molecule has 0 aliphatic rings. The smallest absolute Gasteiger partial charge is 0.326 e. The van der Waals surface area contributed by atoms with Crippen molar-refractivity contribution < 1.29 is 19.4 Å². The number of carbonyl (C=O) groups excluding carboxylic acids is 1. The third kappa shape index (κ3) is 5.09. The molecule has 138 valence electrons. The number of carbonyl (C=O) groups is 2. The summed E-state index contributed by atoms with van der Waals surface area (Å²) in [4.78, 5) is 24.0. The molecule has 0 aliphatic carbocycles. The van der Waals surface area contributed by atoms with Gasteiger partial charge in [0, 0.05) is 6.42 Å². The number of ether oxygens (including phenoxy) is 1. The minimum atomic E-state index is -1.05. The first-order chi connectivity index (χ1) is 12.3. The van der Waals surface area contributed by atoms with Crippen LogP contribution in [0.25, 0.3) is 0 Å². The first kappa shape index (κ1) is 19.5. The molecule has 0 saturated carbocycles. The Balaban J connectivity index is 2.07. The Morgan fingerprint density at radius 1 is 1.08 bits per heavy atom. The summed E-state index contributed by atoms with van der Waals surface area (Å²) in [6.45, 7) is 5.95. The maximum atomic E-state index is 12.4. The predicted molar refractivity (Wildman–Crippen MR) is 101 cm³/mol. The Bertz CT molecular complexity index is 773. The number of aliphatic carboxylic acids is 1. The lowest BCUT2D eigenvalue weighted by atomic mass is 9.97. The van der Waals surface area contributed by atoms with Crippen LogP contribution >= 0.6 is 0 Å². The largest absolute Gasteiger partial charge is 0.497 e. The van der Waals surface area contributed by atoms with Crippen LogP contribution in [0.15, 0.2) is 36.4 Å². The maximum absolute atomic E-state index is 12.4. The number of amides is 1. The molecule has 0 aliphatic heterocycles. The highest BCUT2D eigenvalue weighted by Gasteiger charge is 2.21. The van der Waals surface area contributed by atoms with Crippen LogP contribution in [-0.4, -0.2) is 30.1 Å². The monoisotopic (exact) mass is 355 g/mol. The van der Waals surface area contributed by atoms with Crippen molar-refractivity contribution in [2.45, 2.75) is 39.7 Å². The topological polar surface area (TPSA) is 75.6 Å². The first-order valence-corrected chi connectivity index (χ1v) is 8.52. The molecule has 1 unspecified atom stereocenters. The number of hydrogen-bond donors (Lipinski definition) is 2. The van der Waals surface area contributed by atoms with Crippen molar-refractivity contribution in [3.05, 3.63) is 64.2 Å². The van der Waals surface area contributed by atoms with Crippen LogP contribution < -0.4 is 10.1 Å². The molecule has 0 spiro atoms. The number of benzene rings is 2. The molecule has 0 aromatic heterocycles. The molecule has 0 heterocycles. The van der Waals surface area contributed by atoms with E-state index in [1.165, 1.54) is 0 Å². The number of hydrogen-bond acceptors (Lipinski definition) is 3. The van der Waals surface area contributed by atoms with Gasteiger partial charge in [-0.25, -0.2) is 4.79 Å². The van der Waals surface area contributed by atoms with Crippen LogP contribution in [0, 0.1) is 20.8 Å². The fourth-order valence-corrected chi connectivity index (χ4v) is 3.09. The third-order valence-corrected chi connectivity index (χ3v) is 4.41. The van der Waals surface area contributed by atoms with E-state index in [0.717, 1.165) is 27.8 Å². The van der Waals surface area contributed by atoms with Crippen LogP contribution in [0.1, 0.15) is 27.8 Å². The molecule has 2 N–H and O–H groups in total. The number of carboxylic acid groups (broad SMARTS) is 1. The molecule has 26 heavy (non-hydrogen) atoms. The Kier molecular flexibility index (Phi) is 6.39. The summed E-state index contributed by atoms with van der Waals surface area (Å²) in [7, 11) is 1.57. The van der Waals surface area contributed by atoms with E-state index < -0.39 is 12.0 Å². The molecule has 0 fully saturated rings. The van der Waals surface area contributed by atoms with Crippen molar-refractivity contribution in [2.75, 3.05) is 7.11 Å². The summed E-state index contributed by atoms with van der Waals surface area (Å²) in [5, 5.41) is 12.1.